The fourth-order valence-corrected chi connectivity index (χ4v) is 5.66. The van der Waals surface area contributed by atoms with Crippen LogP contribution < -0.4 is 4.74 Å². The molecule has 0 spiro atoms. The van der Waals surface area contributed by atoms with E-state index in [1.54, 1.807) is 36.4 Å². The summed E-state index contributed by atoms with van der Waals surface area (Å²) < 4.78 is 10.9. The fourth-order valence-electron chi connectivity index (χ4n) is 4.75. The van der Waals surface area contributed by atoms with Crippen LogP contribution in [0.15, 0.2) is 77.7 Å². The molecule has 0 aliphatic carbocycles. The Morgan fingerprint density at radius 2 is 1.02 bits per heavy atom. The molecule has 0 N–H and O–H groups in total. The number of carbonyl (C=O) groups is 2. The lowest BCUT2D eigenvalue weighted by molar-refractivity contribution is 0.0497. The summed E-state index contributed by atoms with van der Waals surface area (Å²) in [7, 11) is 0. The molecule has 0 heterocycles. The summed E-state index contributed by atoms with van der Waals surface area (Å²) in [6.45, 7) is 4.91. The number of hydrogen-bond acceptors (Lipinski definition) is 5. The van der Waals surface area contributed by atoms with Crippen LogP contribution in [0.5, 0.6) is 5.75 Å². The molecule has 4 nitrogen and oxygen atoms in total. The zero-order valence-corrected chi connectivity index (χ0v) is 26.4. The predicted molar refractivity (Wildman–Crippen MR) is 176 cm³/mol. The minimum absolute atomic E-state index is 0.347. The molecule has 226 valence electrons. The number of thioether (sulfide) groups is 1. The molecule has 0 saturated carbocycles. The second-order valence-corrected chi connectivity index (χ2v) is 12.1. The molecular formula is C37H48O4S. The van der Waals surface area contributed by atoms with E-state index in [-0.39, 0.29) is 5.97 Å². The normalized spacial score (nSPS) is 10.9. The van der Waals surface area contributed by atoms with Gasteiger partial charge in [-0.25, -0.2) is 9.59 Å². The van der Waals surface area contributed by atoms with Crippen LogP contribution in [0.25, 0.3) is 11.1 Å². The van der Waals surface area contributed by atoms with Gasteiger partial charge in [0.05, 0.1) is 17.7 Å². The third kappa shape index (κ3) is 12.4. The van der Waals surface area contributed by atoms with E-state index in [9.17, 15) is 9.59 Å². The smallest absolute Gasteiger partial charge is 0.343 e. The highest BCUT2D eigenvalue weighted by atomic mass is 32.2. The number of hydrogen-bond donors (Lipinski definition) is 0. The Balaban J connectivity index is 1.38. The lowest BCUT2D eigenvalue weighted by Gasteiger charge is -2.08. The minimum Gasteiger partial charge on any atom is -0.462 e. The highest BCUT2D eigenvalue weighted by Gasteiger charge is 2.11. The van der Waals surface area contributed by atoms with Crippen LogP contribution >= 0.6 is 11.8 Å². The zero-order valence-electron chi connectivity index (χ0n) is 25.6. The topological polar surface area (TPSA) is 52.6 Å². The van der Waals surface area contributed by atoms with Crippen LogP contribution in [0.4, 0.5) is 0 Å². The molecule has 0 bridgehead atoms. The van der Waals surface area contributed by atoms with Crippen molar-refractivity contribution in [3.8, 4) is 16.9 Å². The van der Waals surface area contributed by atoms with Gasteiger partial charge in [-0.05, 0) is 78.3 Å². The highest BCUT2D eigenvalue weighted by Crippen LogP contribution is 2.26. The lowest BCUT2D eigenvalue weighted by atomic mass is 10.0. The average molecular weight is 589 g/mol. The molecule has 0 atom stereocenters. The van der Waals surface area contributed by atoms with Gasteiger partial charge in [0.25, 0.3) is 0 Å². The van der Waals surface area contributed by atoms with E-state index in [4.69, 9.17) is 9.47 Å². The number of rotatable bonds is 20. The summed E-state index contributed by atoms with van der Waals surface area (Å²) in [6.07, 6.45) is 16.1. The number of carbonyl (C=O) groups excluding carboxylic acids is 2. The second-order valence-electron chi connectivity index (χ2n) is 10.9. The van der Waals surface area contributed by atoms with Crippen molar-refractivity contribution < 1.29 is 19.1 Å². The van der Waals surface area contributed by atoms with Crippen molar-refractivity contribution in [2.45, 2.75) is 102 Å². The molecule has 0 saturated heterocycles. The molecule has 0 unspecified atom stereocenters. The van der Waals surface area contributed by atoms with Crippen molar-refractivity contribution in [2.75, 3.05) is 12.4 Å². The van der Waals surface area contributed by atoms with Crippen LogP contribution in [0.1, 0.15) is 118 Å². The zero-order chi connectivity index (χ0) is 29.8. The van der Waals surface area contributed by atoms with Gasteiger partial charge in [0, 0.05) is 4.90 Å². The monoisotopic (exact) mass is 588 g/mol. The Labute approximate surface area is 257 Å². The SMILES string of the molecule is CCCCCCCCCCOC(=O)c1ccc(OC(=O)c2ccc(-c3ccc(SCCCCCCC)cc3)cc2)cc1. The van der Waals surface area contributed by atoms with Crippen molar-refractivity contribution in [1.29, 1.82) is 0 Å². The van der Waals surface area contributed by atoms with Gasteiger partial charge in [-0.15, -0.1) is 11.8 Å². The Bertz CT molecular complexity index is 1170. The number of esters is 2. The van der Waals surface area contributed by atoms with Gasteiger partial charge in [-0.3, -0.25) is 0 Å². The summed E-state index contributed by atoms with van der Waals surface area (Å²) in [6, 6.07) is 22.6. The van der Waals surface area contributed by atoms with Gasteiger partial charge in [-0.1, -0.05) is 109 Å². The molecule has 3 aromatic rings. The van der Waals surface area contributed by atoms with Gasteiger partial charge in [0.1, 0.15) is 5.75 Å². The van der Waals surface area contributed by atoms with Crippen LogP contribution in [0.2, 0.25) is 0 Å². The van der Waals surface area contributed by atoms with Crippen LogP contribution in [0, 0.1) is 0 Å². The minimum atomic E-state index is -0.433. The van der Waals surface area contributed by atoms with Gasteiger partial charge < -0.3 is 9.47 Å². The predicted octanol–water partition coefficient (Wildman–Crippen LogP) is 10.9. The third-order valence-electron chi connectivity index (χ3n) is 7.36. The summed E-state index contributed by atoms with van der Waals surface area (Å²) in [5, 5.41) is 0. The molecule has 0 aromatic heterocycles. The molecule has 0 radical (unpaired) electrons. The molecule has 3 rings (SSSR count). The maximum absolute atomic E-state index is 12.7. The molecule has 5 heteroatoms. The summed E-state index contributed by atoms with van der Waals surface area (Å²) >= 11 is 1.91. The van der Waals surface area contributed by atoms with E-state index in [1.165, 1.54) is 75.5 Å². The lowest BCUT2D eigenvalue weighted by Crippen LogP contribution is -2.09. The van der Waals surface area contributed by atoms with Crippen molar-refractivity contribution in [1.82, 2.24) is 0 Å². The Hall–Kier alpha value is -3.05. The Morgan fingerprint density at radius 3 is 1.62 bits per heavy atom. The van der Waals surface area contributed by atoms with Gasteiger partial charge in [0.15, 0.2) is 0 Å². The van der Waals surface area contributed by atoms with E-state index in [1.807, 2.05) is 23.9 Å². The van der Waals surface area contributed by atoms with Crippen LogP contribution in [-0.4, -0.2) is 24.3 Å². The van der Waals surface area contributed by atoms with Gasteiger partial charge in [-0.2, -0.15) is 0 Å². The first-order valence-corrected chi connectivity index (χ1v) is 16.9. The quantitative estimate of drug-likeness (QED) is 0.0569. The number of unbranched alkanes of at least 4 members (excludes halogenated alkanes) is 11. The Morgan fingerprint density at radius 1 is 0.548 bits per heavy atom. The van der Waals surface area contributed by atoms with Gasteiger partial charge in [0.2, 0.25) is 0 Å². The fraction of sp³-hybridized carbons (Fsp3) is 0.459. The third-order valence-corrected chi connectivity index (χ3v) is 8.45. The molecule has 0 fully saturated rings. The molecular weight excluding hydrogens is 540 g/mol. The maximum Gasteiger partial charge on any atom is 0.343 e. The molecule has 0 amide bonds. The highest BCUT2D eigenvalue weighted by molar-refractivity contribution is 7.99. The van der Waals surface area contributed by atoms with Crippen molar-refractivity contribution >= 4 is 23.7 Å². The summed E-state index contributed by atoms with van der Waals surface area (Å²) in [5.41, 5.74) is 3.10. The van der Waals surface area contributed by atoms with Crippen molar-refractivity contribution in [2.24, 2.45) is 0 Å². The molecule has 42 heavy (non-hydrogen) atoms. The average Bonchev–Trinajstić information content (AvgIpc) is 3.02. The number of benzene rings is 3. The maximum atomic E-state index is 12.7. The van der Waals surface area contributed by atoms with Crippen molar-refractivity contribution in [3.63, 3.8) is 0 Å². The summed E-state index contributed by atoms with van der Waals surface area (Å²) in [5.74, 6) is 0.770. The van der Waals surface area contributed by atoms with Crippen LogP contribution in [-0.2, 0) is 4.74 Å². The largest absolute Gasteiger partial charge is 0.462 e. The molecule has 0 aliphatic heterocycles. The second kappa shape index (κ2) is 20.0. The van der Waals surface area contributed by atoms with Crippen LogP contribution in [0.3, 0.4) is 0 Å². The van der Waals surface area contributed by atoms with Gasteiger partial charge >= 0.3 is 11.9 Å². The van der Waals surface area contributed by atoms with E-state index >= 15 is 0 Å². The first kappa shape index (κ1) is 33.5. The van der Waals surface area contributed by atoms with E-state index in [2.05, 4.69) is 38.1 Å². The standard InChI is InChI=1S/C37H48O4S/c1-3-5-7-9-10-11-12-14-28-40-36(38)32-20-24-34(25-21-32)41-37(39)33-18-16-30(17-19-33)31-22-26-35(27-23-31)42-29-15-13-8-6-4-2/h16-27H,3-15,28-29H2,1-2H3. The molecule has 0 aliphatic rings. The van der Waals surface area contributed by atoms with E-state index in [0.717, 1.165) is 29.7 Å². The Kier molecular flexibility index (Phi) is 15.9. The van der Waals surface area contributed by atoms with E-state index in [0.29, 0.717) is 23.5 Å². The van der Waals surface area contributed by atoms with E-state index < -0.39 is 5.97 Å². The van der Waals surface area contributed by atoms with Crippen molar-refractivity contribution in [3.05, 3.63) is 83.9 Å². The first-order chi connectivity index (χ1) is 20.6. The first-order valence-electron chi connectivity index (χ1n) is 15.9. The number of ether oxygens (including phenoxy) is 2. The molecule has 3 aromatic carbocycles. The summed E-state index contributed by atoms with van der Waals surface area (Å²) in [4.78, 5) is 26.3.